The van der Waals surface area contributed by atoms with Crippen molar-refractivity contribution in [3.8, 4) is 0 Å². The van der Waals surface area contributed by atoms with Crippen LogP contribution in [0.5, 0.6) is 0 Å². The minimum absolute atomic E-state index is 0.258. The molecule has 102 valence electrons. The highest BCUT2D eigenvalue weighted by molar-refractivity contribution is 5.14. The molecule has 18 heavy (non-hydrogen) atoms. The predicted molar refractivity (Wildman–Crippen MR) is 76.6 cm³/mol. The zero-order valence-corrected chi connectivity index (χ0v) is 12.3. The van der Waals surface area contributed by atoms with Crippen LogP contribution in [0.4, 0.5) is 0 Å². The van der Waals surface area contributed by atoms with Crippen LogP contribution in [0, 0.1) is 11.8 Å². The average Bonchev–Trinajstić information content (AvgIpc) is 2.51. The van der Waals surface area contributed by atoms with E-state index in [0.717, 1.165) is 17.9 Å². The molecule has 3 unspecified atom stereocenters. The van der Waals surface area contributed by atoms with Crippen LogP contribution in [0.2, 0.25) is 0 Å². The van der Waals surface area contributed by atoms with Gasteiger partial charge in [-0.2, -0.15) is 0 Å². The first kappa shape index (κ1) is 12.7. The van der Waals surface area contributed by atoms with Gasteiger partial charge in [0.05, 0.1) is 0 Å². The molecule has 2 N–H and O–H groups in total. The topological polar surface area (TPSA) is 24.1 Å². The number of hydrogen-bond acceptors (Lipinski definition) is 2. The molecular formula is C16H28N2. The maximum atomic E-state index is 3.95. The van der Waals surface area contributed by atoms with Gasteiger partial charge in [-0.1, -0.05) is 12.2 Å². The monoisotopic (exact) mass is 248 g/mol. The fraction of sp³-hybridized carbons (Fsp3) is 0.875. The quantitative estimate of drug-likeness (QED) is 0.734. The molecule has 1 saturated carbocycles. The second kappa shape index (κ2) is 4.08. The van der Waals surface area contributed by atoms with Gasteiger partial charge in [0.2, 0.25) is 0 Å². The summed E-state index contributed by atoms with van der Waals surface area (Å²) in [4.78, 5) is 0. The van der Waals surface area contributed by atoms with Gasteiger partial charge in [-0.15, -0.1) is 0 Å². The molecule has 1 saturated heterocycles. The summed E-state index contributed by atoms with van der Waals surface area (Å²) in [5.41, 5.74) is 0.516. The molecule has 3 aliphatic rings. The van der Waals surface area contributed by atoms with Crippen LogP contribution in [-0.4, -0.2) is 23.2 Å². The first-order valence-electron chi connectivity index (χ1n) is 7.57. The lowest BCUT2D eigenvalue weighted by Gasteiger charge is -2.50. The number of fused-ring (bicyclic) bond motifs is 1. The Kier molecular flexibility index (Phi) is 2.87. The molecule has 1 aliphatic heterocycles. The van der Waals surface area contributed by atoms with Crippen molar-refractivity contribution < 1.29 is 0 Å². The van der Waals surface area contributed by atoms with Crippen molar-refractivity contribution in [3.05, 3.63) is 12.2 Å². The van der Waals surface area contributed by atoms with Gasteiger partial charge < -0.3 is 10.6 Å². The third-order valence-electron chi connectivity index (χ3n) is 5.00. The molecule has 1 heterocycles. The Balaban J connectivity index is 1.61. The standard InChI is InChI=1S/C16H28N2/c1-15(2)9-12(10-16(3,4)18-15)17-14-8-11-6-5-7-13(11)14/h5,7,11-14,17-18H,6,8-10H2,1-4H3. The third-order valence-corrected chi connectivity index (χ3v) is 5.00. The normalized spacial score (nSPS) is 41.4. The summed E-state index contributed by atoms with van der Waals surface area (Å²) in [6.07, 6.45) is 10.0. The van der Waals surface area contributed by atoms with E-state index >= 15 is 0 Å². The van der Waals surface area contributed by atoms with E-state index in [4.69, 9.17) is 0 Å². The average molecular weight is 248 g/mol. The van der Waals surface area contributed by atoms with E-state index in [1.165, 1.54) is 25.7 Å². The van der Waals surface area contributed by atoms with Gasteiger partial charge in [0.1, 0.15) is 0 Å². The van der Waals surface area contributed by atoms with Gasteiger partial charge in [0, 0.05) is 23.2 Å². The van der Waals surface area contributed by atoms with Crippen molar-refractivity contribution in [1.29, 1.82) is 0 Å². The van der Waals surface area contributed by atoms with E-state index in [1.54, 1.807) is 0 Å². The maximum absolute atomic E-state index is 3.95. The van der Waals surface area contributed by atoms with Crippen LogP contribution in [0.1, 0.15) is 53.4 Å². The minimum atomic E-state index is 0.258. The Morgan fingerprint density at radius 2 is 1.78 bits per heavy atom. The molecule has 0 spiro atoms. The first-order chi connectivity index (χ1) is 8.35. The fourth-order valence-corrected chi connectivity index (χ4v) is 4.65. The van der Waals surface area contributed by atoms with E-state index < -0.39 is 0 Å². The summed E-state index contributed by atoms with van der Waals surface area (Å²) in [6.45, 7) is 9.34. The second-order valence-electron chi connectivity index (χ2n) is 8.01. The Morgan fingerprint density at radius 1 is 1.11 bits per heavy atom. The minimum Gasteiger partial charge on any atom is -0.310 e. The van der Waals surface area contributed by atoms with E-state index in [1.807, 2.05) is 0 Å². The third kappa shape index (κ3) is 2.37. The van der Waals surface area contributed by atoms with Gasteiger partial charge in [0.15, 0.2) is 0 Å². The molecule has 0 radical (unpaired) electrons. The number of rotatable bonds is 2. The van der Waals surface area contributed by atoms with Gasteiger partial charge >= 0.3 is 0 Å². The van der Waals surface area contributed by atoms with Crippen molar-refractivity contribution in [3.63, 3.8) is 0 Å². The molecule has 0 aromatic rings. The second-order valence-corrected chi connectivity index (χ2v) is 8.01. The number of hydrogen-bond donors (Lipinski definition) is 2. The van der Waals surface area contributed by atoms with Crippen molar-refractivity contribution in [1.82, 2.24) is 10.6 Å². The highest BCUT2D eigenvalue weighted by atomic mass is 15.1. The van der Waals surface area contributed by atoms with Crippen molar-refractivity contribution in [2.45, 2.75) is 76.5 Å². The predicted octanol–water partition coefficient (Wildman–Crippen LogP) is 2.85. The molecule has 3 atom stereocenters. The summed E-state index contributed by atoms with van der Waals surface area (Å²) in [5.74, 6) is 1.80. The lowest BCUT2D eigenvalue weighted by molar-refractivity contribution is 0.0957. The van der Waals surface area contributed by atoms with Gasteiger partial charge in [-0.05, 0) is 65.2 Å². The van der Waals surface area contributed by atoms with Crippen LogP contribution in [0.3, 0.4) is 0 Å². The molecule has 0 amide bonds. The Morgan fingerprint density at radius 3 is 2.39 bits per heavy atom. The van der Waals surface area contributed by atoms with Crippen molar-refractivity contribution in [2.24, 2.45) is 11.8 Å². The van der Waals surface area contributed by atoms with E-state index in [2.05, 4.69) is 50.5 Å². The fourth-order valence-electron chi connectivity index (χ4n) is 4.65. The first-order valence-corrected chi connectivity index (χ1v) is 7.57. The van der Waals surface area contributed by atoms with Gasteiger partial charge in [0.25, 0.3) is 0 Å². The van der Waals surface area contributed by atoms with Crippen LogP contribution >= 0.6 is 0 Å². The van der Waals surface area contributed by atoms with Crippen molar-refractivity contribution >= 4 is 0 Å². The molecular weight excluding hydrogens is 220 g/mol. The SMILES string of the molecule is CC1(C)CC(NC2CC3CC=CC32)CC(C)(C)N1. The lowest BCUT2D eigenvalue weighted by Crippen LogP contribution is -2.64. The molecule has 3 rings (SSSR count). The summed E-state index contributed by atoms with van der Waals surface area (Å²) in [7, 11) is 0. The highest BCUT2D eigenvalue weighted by Crippen LogP contribution is 2.43. The van der Waals surface area contributed by atoms with Gasteiger partial charge in [-0.25, -0.2) is 0 Å². The molecule has 0 aromatic carbocycles. The number of nitrogens with one attached hydrogen (secondary N) is 2. The van der Waals surface area contributed by atoms with Crippen LogP contribution in [0.25, 0.3) is 0 Å². The Labute approximate surface area is 112 Å². The molecule has 0 bridgehead atoms. The maximum Gasteiger partial charge on any atom is 0.0144 e. The Bertz CT molecular complexity index is 340. The van der Waals surface area contributed by atoms with Crippen LogP contribution < -0.4 is 10.6 Å². The molecule has 2 fully saturated rings. The Hall–Kier alpha value is -0.340. The van der Waals surface area contributed by atoms with Crippen molar-refractivity contribution in [2.75, 3.05) is 0 Å². The molecule has 2 nitrogen and oxygen atoms in total. The highest BCUT2D eigenvalue weighted by Gasteiger charge is 2.44. The van der Waals surface area contributed by atoms with Gasteiger partial charge in [-0.3, -0.25) is 0 Å². The summed E-state index contributed by atoms with van der Waals surface area (Å²) in [6, 6.07) is 1.43. The summed E-state index contributed by atoms with van der Waals surface area (Å²) in [5, 5.41) is 7.71. The lowest BCUT2D eigenvalue weighted by atomic mass is 9.70. The largest absolute Gasteiger partial charge is 0.310 e. The smallest absolute Gasteiger partial charge is 0.0144 e. The zero-order valence-electron chi connectivity index (χ0n) is 12.3. The van der Waals surface area contributed by atoms with E-state index in [9.17, 15) is 0 Å². The molecule has 0 aromatic heterocycles. The van der Waals surface area contributed by atoms with E-state index in [-0.39, 0.29) is 11.1 Å². The molecule has 2 aliphatic carbocycles. The van der Waals surface area contributed by atoms with Crippen LogP contribution in [0.15, 0.2) is 12.2 Å². The van der Waals surface area contributed by atoms with Crippen LogP contribution in [-0.2, 0) is 0 Å². The molecule has 2 heteroatoms. The van der Waals surface area contributed by atoms with E-state index in [0.29, 0.717) is 6.04 Å². The zero-order chi connectivity index (χ0) is 13.0. The number of allylic oxidation sites excluding steroid dienone is 1. The summed E-state index contributed by atoms with van der Waals surface area (Å²) < 4.78 is 0. The number of piperidine rings is 1. The summed E-state index contributed by atoms with van der Waals surface area (Å²) >= 11 is 0.